The van der Waals surface area contributed by atoms with Gasteiger partial charge in [-0.05, 0) is 18.9 Å². The molecule has 0 N–H and O–H groups in total. The molecule has 0 aromatic rings. The maximum absolute atomic E-state index is 11.6. The van der Waals surface area contributed by atoms with Gasteiger partial charge in [-0.1, -0.05) is 0 Å². The summed E-state index contributed by atoms with van der Waals surface area (Å²) in [6.07, 6.45) is -0.0916. The Morgan fingerprint density at radius 1 is 1.45 bits per heavy atom. The molecular formula is C7H9F3O. The molecule has 1 nitrogen and oxygen atoms in total. The first-order valence-electron chi connectivity index (χ1n) is 3.46. The van der Waals surface area contributed by atoms with Crippen LogP contribution in [0.1, 0.15) is 19.3 Å². The molecule has 0 unspecified atom stereocenters. The SMILES string of the molecule is FC(F)(F)COC1=CCCC1. The second-order valence-corrected chi connectivity index (χ2v) is 2.47. The van der Waals surface area contributed by atoms with Crippen LogP contribution in [-0.4, -0.2) is 12.8 Å². The average Bonchev–Trinajstić information content (AvgIpc) is 2.32. The number of alkyl halides is 3. The van der Waals surface area contributed by atoms with Gasteiger partial charge in [-0.25, -0.2) is 0 Å². The molecule has 1 rings (SSSR count). The van der Waals surface area contributed by atoms with E-state index >= 15 is 0 Å². The van der Waals surface area contributed by atoms with Crippen molar-refractivity contribution in [1.29, 1.82) is 0 Å². The number of hydrogen-bond acceptors (Lipinski definition) is 1. The van der Waals surface area contributed by atoms with Gasteiger partial charge in [0.2, 0.25) is 0 Å². The molecule has 1 aliphatic carbocycles. The largest absolute Gasteiger partial charge is 0.489 e. The zero-order chi connectivity index (χ0) is 8.32. The van der Waals surface area contributed by atoms with Crippen molar-refractivity contribution in [2.24, 2.45) is 0 Å². The van der Waals surface area contributed by atoms with E-state index in [1.165, 1.54) is 0 Å². The van der Waals surface area contributed by atoms with Crippen molar-refractivity contribution in [2.45, 2.75) is 25.4 Å². The Kier molecular flexibility index (Phi) is 2.42. The van der Waals surface area contributed by atoms with E-state index in [1.54, 1.807) is 6.08 Å². The fourth-order valence-electron chi connectivity index (χ4n) is 0.947. The lowest BCUT2D eigenvalue weighted by Crippen LogP contribution is -2.16. The van der Waals surface area contributed by atoms with Gasteiger partial charge in [0.15, 0.2) is 6.61 Å². The Morgan fingerprint density at radius 2 is 2.18 bits per heavy atom. The van der Waals surface area contributed by atoms with Crippen molar-refractivity contribution in [1.82, 2.24) is 0 Å². The molecule has 0 radical (unpaired) electrons. The minimum Gasteiger partial charge on any atom is -0.489 e. The third kappa shape index (κ3) is 3.30. The second kappa shape index (κ2) is 3.15. The third-order valence-corrected chi connectivity index (χ3v) is 1.42. The molecule has 0 saturated heterocycles. The molecule has 0 spiro atoms. The van der Waals surface area contributed by atoms with Gasteiger partial charge in [-0.2, -0.15) is 13.2 Å². The number of allylic oxidation sites excluding steroid dienone is 2. The topological polar surface area (TPSA) is 9.23 Å². The highest BCUT2D eigenvalue weighted by molar-refractivity contribution is 4.99. The highest BCUT2D eigenvalue weighted by atomic mass is 19.4. The monoisotopic (exact) mass is 166 g/mol. The van der Waals surface area contributed by atoms with Gasteiger partial charge in [0, 0.05) is 6.42 Å². The van der Waals surface area contributed by atoms with Crippen molar-refractivity contribution >= 4 is 0 Å². The second-order valence-electron chi connectivity index (χ2n) is 2.47. The summed E-state index contributed by atoms with van der Waals surface area (Å²) in [6.45, 7) is -1.15. The van der Waals surface area contributed by atoms with Gasteiger partial charge in [-0.15, -0.1) is 0 Å². The van der Waals surface area contributed by atoms with Crippen LogP contribution in [0.2, 0.25) is 0 Å². The van der Waals surface area contributed by atoms with E-state index < -0.39 is 12.8 Å². The molecule has 64 valence electrons. The van der Waals surface area contributed by atoms with Gasteiger partial charge in [-0.3, -0.25) is 0 Å². The van der Waals surface area contributed by atoms with E-state index in [0.717, 1.165) is 12.8 Å². The number of rotatable bonds is 2. The van der Waals surface area contributed by atoms with Crippen LogP contribution < -0.4 is 0 Å². The number of halogens is 3. The number of hydrogen-bond donors (Lipinski definition) is 0. The van der Waals surface area contributed by atoms with Crippen LogP contribution in [0.3, 0.4) is 0 Å². The van der Waals surface area contributed by atoms with E-state index in [1.807, 2.05) is 0 Å². The summed E-state index contributed by atoms with van der Waals surface area (Å²) >= 11 is 0. The zero-order valence-corrected chi connectivity index (χ0v) is 5.95. The molecule has 0 bridgehead atoms. The molecule has 0 aliphatic heterocycles. The summed E-state index contributed by atoms with van der Waals surface area (Å²) in [7, 11) is 0. The fraction of sp³-hybridized carbons (Fsp3) is 0.714. The van der Waals surface area contributed by atoms with E-state index in [0.29, 0.717) is 12.2 Å². The summed E-state index contributed by atoms with van der Waals surface area (Å²) in [5.41, 5.74) is 0. The van der Waals surface area contributed by atoms with Crippen LogP contribution in [0.5, 0.6) is 0 Å². The summed E-state index contributed by atoms with van der Waals surface area (Å²) in [5.74, 6) is 0.488. The maximum Gasteiger partial charge on any atom is 0.422 e. The van der Waals surface area contributed by atoms with Crippen molar-refractivity contribution in [3.63, 3.8) is 0 Å². The lowest BCUT2D eigenvalue weighted by Gasteiger charge is -2.08. The third-order valence-electron chi connectivity index (χ3n) is 1.42. The van der Waals surface area contributed by atoms with Crippen LogP contribution in [0.25, 0.3) is 0 Å². The van der Waals surface area contributed by atoms with Crippen LogP contribution in [0.4, 0.5) is 13.2 Å². The smallest absolute Gasteiger partial charge is 0.422 e. The van der Waals surface area contributed by atoms with Crippen molar-refractivity contribution in [2.75, 3.05) is 6.61 Å². The molecule has 11 heavy (non-hydrogen) atoms. The summed E-state index contributed by atoms with van der Waals surface area (Å²) < 4.78 is 39.2. The molecule has 0 fully saturated rings. The molecule has 0 aromatic carbocycles. The zero-order valence-electron chi connectivity index (χ0n) is 5.95. The van der Waals surface area contributed by atoms with E-state index in [-0.39, 0.29) is 0 Å². The van der Waals surface area contributed by atoms with Gasteiger partial charge < -0.3 is 4.74 Å². The Labute approximate surface area is 62.8 Å². The molecule has 4 heteroatoms. The summed E-state index contributed by atoms with van der Waals surface area (Å²) in [4.78, 5) is 0. The Morgan fingerprint density at radius 3 is 2.64 bits per heavy atom. The Balaban J connectivity index is 2.22. The number of ether oxygens (including phenoxy) is 1. The van der Waals surface area contributed by atoms with Gasteiger partial charge in [0.1, 0.15) is 0 Å². The molecule has 0 amide bonds. The predicted octanol–water partition coefficient (Wildman–Crippen LogP) is 2.63. The molecular weight excluding hydrogens is 157 g/mol. The van der Waals surface area contributed by atoms with Crippen molar-refractivity contribution < 1.29 is 17.9 Å². The predicted molar refractivity (Wildman–Crippen MR) is 33.9 cm³/mol. The summed E-state index contributed by atoms with van der Waals surface area (Å²) in [6, 6.07) is 0. The van der Waals surface area contributed by atoms with Crippen LogP contribution in [0.15, 0.2) is 11.8 Å². The van der Waals surface area contributed by atoms with Gasteiger partial charge in [0.05, 0.1) is 5.76 Å². The molecule has 0 aromatic heterocycles. The summed E-state index contributed by atoms with van der Waals surface area (Å²) in [5, 5.41) is 0. The minimum absolute atomic E-state index is 0.488. The van der Waals surface area contributed by atoms with Crippen molar-refractivity contribution in [3.8, 4) is 0 Å². The molecule has 0 heterocycles. The Hall–Kier alpha value is -0.670. The molecule has 0 saturated carbocycles. The van der Waals surface area contributed by atoms with Crippen LogP contribution in [0, 0.1) is 0 Å². The first kappa shape index (κ1) is 8.43. The lowest BCUT2D eigenvalue weighted by atomic mass is 10.4. The molecule has 1 aliphatic rings. The molecule has 0 atom stereocenters. The normalized spacial score (nSPS) is 18.3. The van der Waals surface area contributed by atoms with Crippen LogP contribution in [-0.2, 0) is 4.74 Å². The van der Waals surface area contributed by atoms with E-state index in [9.17, 15) is 13.2 Å². The van der Waals surface area contributed by atoms with Crippen molar-refractivity contribution in [3.05, 3.63) is 11.8 Å². The fourth-order valence-corrected chi connectivity index (χ4v) is 0.947. The highest BCUT2D eigenvalue weighted by Gasteiger charge is 2.28. The van der Waals surface area contributed by atoms with Gasteiger partial charge >= 0.3 is 6.18 Å². The standard InChI is InChI=1S/C7H9F3O/c8-7(9,10)5-11-6-3-1-2-4-6/h3H,1-2,4-5H2. The Bertz CT molecular complexity index is 160. The van der Waals surface area contributed by atoms with E-state index in [2.05, 4.69) is 4.74 Å². The average molecular weight is 166 g/mol. The maximum atomic E-state index is 11.6. The highest BCUT2D eigenvalue weighted by Crippen LogP contribution is 2.22. The minimum atomic E-state index is -4.20. The van der Waals surface area contributed by atoms with Gasteiger partial charge in [0.25, 0.3) is 0 Å². The quantitative estimate of drug-likeness (QED) is 0.612. The van der Waals surface area contributed by atoms with Crippen LogP contribution >= 0.6 is 0 Å². The first-order chi connectivity index (χ1) is 5.08. The van der Waals surface area contributed by atoms with E-state index in [4.69, 9.17) is 0 Å². The lowest BCUT2D eigenvalue weighted by molar-refractivity contribution is -0.165. The first-order valence-corrected chi connectivity index (χ1v) is 3.46.